The lowest BCUT2D eigenvalue weighted by atomic mass is 9.76. The van der Waals surface area contributed by atoms with E-state index in [1.54, 1.807) is 0 Å². The van der Waals surface area contributed by atoms with Gasteiger partial charge in [-0.15, -0.1) is 0 Å². The molecule has 3 rings (SSSR count). The van der Waals surface area contributed by atoms with E-state index in [1.165, 1.54) is 57.2 Å². The number of nitrogens with zero attached hydrogens (tertiary/aromatic N) is 1. The van der Waals surface area contributed by atoms with E-state index in [2.05, 4.69) is 35.2 Å². The lowest BCUT2D eigenvalue weighted by Crippen LogP contribution is -2.41. The van der Waals surface area contributed by atoms with Crippen molar-refractivity contribution in [3.8, 4) is 0 Å². The van der Waals surface area contributed by atoms with E-state index in [4.69, 9.17) is 18.0 Å². The van der Waals surface area contributed by atoms with Crippen LogP contribution < -0.4 is 5.73 Å². The van der Waals surface area contributed by atoms with Gasteiger partial charge in [0.2, 0.25) is 0 Å². The Hall–Kier alpha value is -0.930. The van der Waals surface area contributed by atoms with Crippen molar-refractivity contribution in [1.82, 2.24) is 4.90 Å². The van der Waals surface area contributed by atoms with Crippen LogP contribution >= 0.6 is 12.2 Å². The molecule has 1 aliphatic heterocycles. The number of hydrogen-bond donors (Lipinski definition) is 1. The second-order valence-corrected chi connectivity index (χ2v) is 7.36. The molecule has 1 atom stereocenters. The van der Waals surface area contributed by atoms with Gasteiger partial charge < -0.3 is 5.73 Å². The van der Waals surface area contributed by atoms with Gasteiger partial charge in [0.25, 0.3) is 0 Å². The van der Waals surface area contributed by atoms with Crippen molar-refractivity contribution in [2.75, 3.05) is 13.1 Å². The predicted molar refractivity (Wildman–Crippen MR) is 92.3 cm³/mol. The maximum Gasteiger partial charge on any atom is 0.0746 e. The van der Waals surface area contributed by atoms with Crippen LogP contribution in [0.2, 0.25) is 0 Å². The van der Waals surface area contributed by atoms with Gasteiger partial charge in [-0.25, -0.2) is 0 Å². The summed E-state index contributed by atoms with van der Waals surface area (Å²) >= 11 is 5.19. The molecular formula is C18H26N2S. The molecule has 0 amide bonds. The van der Waals surface area contributed by atoms with Crippen molar-refractivity contribution < 1.29 is 0 Å². The fourth-order valence-electron chi connectivity index (χ4n) is 4.26. The Morgan fingerprint density at radius 1 is 1.10 bits per heavy atom. The first-order chi connectivity index (χ1) is 10.2. The summed E-state index contributed by atoms with van der Waals surface area (Å²) in [4.78, 5) is 3.24. The number of hydrogen-bond acceptors (Lipinski definition) is 2. The molecule has 1 spiro atoms. The molecule has 1 saturated carbocycles. The van der Waals surface area contributed by atoms with Crippen LogP contribution in [0.5, 0.6) is 0 Å². The summed E-state index contributed by atoms with van der Waals surface area (Å²) in [7, 11) is 0. The number of thiocarbonyl (C=S) groups is 1. The van der Waals surface area contributed by atoms with Crippen molar-refractivity contribution in [3.05, 3.63) is 35.9 Å². The van der Waals surface area contributed by atoms with Gasteiger partial charge >= 0.3 is 0 Å². The van der Waals surface area contributed by atoms with E-state index < -0.39 is 0 Å². The van der Waals surface area contributed by atoms with Crippen LogP contribution in [0.15, 0.2) is 30.3 Å². The summed E-state index contributed by atoms with van der Waals surface area (Å²) in [5.74, 6) is 0. The Morgan fingerprint density at radius 3 is 2.29 bits per heavy atom. The zero-order valence-corrected chi connectivity index (χ0v) is 13.6. The minimum atomic E-state index is 0.363. The van der Waals surface area contributed by atoms with Crippen LogP contribution in [-0.4, -0.2) is 23.0 Å². The van der Waals surface area contributed by atoms with Crippen LogP contribution in [0.1, 0.15) is 56.6 Å². The first-order valence-corrected chi connectivity index (χ1v) is 8.67. The zero-order chi connectivity index (χ0) is 14.7. The molecule has 1 unspecified atom stereocenters. The van der Waals surface area contributed by atoms with Crippen LogP contribution in [0.25, 0.3) is 0 Å². The normalized spacial score (nSPS) is 23.2. The largest absolute Gasteiger partial charge is 0.393 e. The lowest BCUT2D eigenvalue weighted by molar-refractivity contribution is 0.0777. The van der Waals surface area contributed by atoms with E-state index in [0.29, 0.717) is 16.4 Å². The van der Waals surface area contributed by atoms with Gasteiger partial charge in [-0.2, -0.15) is 0 Å². The zero-order valence-electron chi connectivity index (χ0n) is 12.8. The Morgan fingerprint density at radius 2 is 1.71 bits per heavy atom. The van der Waals surface area contributed by atoms with Gasteiger partial charge in [0.05, 0.1) is 4.99 Å². The molecule has 1 aromatic carbocycles. The Labute approximate surface area is 133 Å². The fraction of sp³-hybridized carbons (Fsp3) is 0.611. The Kier molecular flexibility index (Phi) is 4.60. The molecule has 0 aromatic heterocycles. The summed E-state index contributed by atoms with van der Waals surface area (Å²) in [6.07, 6.45) is 9.29. The fourth-order valence-corrected chi connectivity index (χ4v) is 4.42. The molecule has 1 aliphatic carbocycles. The van der Waals surface area contributed by atoms with Gasteiger partial charge in [0, 0.05) is 12.5 Å². The topological polar surface area (TPSA) is 29.3 Å². The second-order valence-electron chi connectivity index (χ2n) is 6.84. The Bertz CT molecular complexity index is 469. The molecule has 2 aliphatic rings. The third kappa shape index (κ3) is 3.46. The van der Waals surface area contributed by atoms with E-state index in [-0.39, 0.29) is 0 Å². The second kappa shape index (κ2) is 6.45. The lowest BCUT2D eigenvalue weighted by Gasteiger charge is -2.43. The highest BCUT2D eigenvalue weighted by Crippen LogP contribution is 2.47. The van der Waals surface area contributed by atoms with E-state index in [1.807, 2.05) is 0 Å². The van der Waals surface area contributed by atoms with Crippen LogP contribution in [-0.2, 0) is 0 Å². The molecule has 0 radical (unpaired) electrons. The van der Waals surface area contributed by atoms with Crippen molar-refractivity contribution in [3.63, 3.8) is 0 Å². The molecule has 2 fully saturated rings. The van der Waals surface area contributed by atoms with Gasteiger partial charge in [0.1, 0.15) is 0 Å². The van der Waals surface area contributed by atoms with Gasteiger partial charge in [-0.1, -0.05) is 55.4 Å². The number of nitrogens with two attached hydrogens (primary N) is 1. The molecular weight excluding hydrogens is 276 g/mol. The third-order valence-corrected chi connectivity index (χ3v) is 5.71. The average molecular weight is 302 g/mol. The average Bonchev–Trinajstić information content (AvgIpc) is 2.95. The van der Waals surface area contributed by atoms with Gasteiger partial charge in [-0.3, -0.25) is 4.90 Å². The first-order valence-electron chi connectivity index (χ1n) is 8.26. The number of benzene rings is 1. The monoisotopic (exact) mass is 302 g/mol. The van der Waals surface area contributed by atoms with Crippen LogP contribution in [0, 0.1) is 5.41 Å². The molecule has 0 bridgehead atoms. The van der Waals surface area contributed by atoms with Crippen molar-refractivity contribution in [2.45, 2.75) is 51.0 Å². The molecule has 1 heterocycles. The summed E-state index contributed by atoms with van der Waals surface area (Å²) < 4.78 is 0. The molecule has 2 N–H and O–H groups in total. The molecule has 3 heteroatoms. The van der Waals surface area contributed by atoms with E-state index >= 15 is 0 Å². The highest BCUT2D eigenvalue weighted by atomic mass is 32.1. The van der Waals surface area contributed by atoms with Gasteiger partial charge in [-0.05, 0) is 49.8 Å². The predicted octanol–water partition coefficient (Wildman–Crippen LogP) is 4.06. The number of piperidine rings is 1. The van der Waals surface area contributed by atoms with Crippen molar-refractivity contribution in [1.29, 1.82) is 0 Å². The quantitative estimate of drug-likeness (QED) is 0.851. The highest BCUT2D eigenvalue weighted by Gasteiger charge is 2.38. The summed E-state index contributed by atoms with van der Waals surface area (Å²) in [6.45, 7) is 2.39. The van der Waals surface area contributed by atoms with E-state index in [9.17, 15) is 0 Å². The Balaban J connectivity index is 1.71. The van der Waals surface area contributed by atoms with Crippen molar-refractivity contribution in [2.24, 2.45) is 11.1 Å². The standard InChI is InChI=1S/C18H26N2S/c19-17(21)14-16(15-6-2-1-3-7-15)20-12-10-18(11-13-20)8-4-5-9-18/h1-3,6-7,16H,4-5,8-14H2,(H2,19,21). The van der Waals surface area contributed by atoms with Crippen molar-refractivity contribution >= 4 is 17.2 Å². The van der Waals surface area contributed by atoms with E-state index in [0.717, 1.165) is 6.42 Å². The summed E-state index contributed by atoms with van der Waals surface area (Å²) in [5, 5.41) is 0. The molecule has 1 saturated heterocycles. The maximum absolute atomic E-state index is 5.86. The minimum Gasteiger partial charge on any atom is -0.393 e. The highest BCUT2D eigenvalue weighted by molar-refractivity contribution is 7.80. The van der Waals surface area contributed by atoms with Gasteiger partial charge in [0.15, 0.2) is 0 Å². The molecule has 114 valence electrons. The van der Waals surface area contributed by atoms with Crippen LogP contribution in [0.3, 0.4) is 0 Å². The smallest absolute Gasteiger partial charge is 0.0746 e. The minimum absolute atomic E-state index is 0.363. The first kappa shape index (κ1) is 15.0. The summed E-state index contributed by atoms with van der Waals surface area (Å²) in [5.41, 5.74) is 7.88. The third-order valence-electron chi connectivity index (χ3n) is 5.54. The maximum atomic E-state index is 5.86. The molecule has 1 aromatic rings. The number of rotatable bonds is 4. The number of likely N-dealkylation sites (tertiary alicyclic amines) is 1. The summed E-state index contributed by atoms with van der Waals surface area (Å²) in [6, 6.07) is 11.1. The molecule has 2 nitrogen and oxygen atoms in total. The molecule has 21 heavy (non-hydrogen) atoms. The van der Waals surface area contributed by atoms with Crippen LogP contribution in [0.4, 0.5) is 0 Å². The SMILES string of the molecule is NC(=S)CC(c1ccccc1)N1CCC2(CCCC2)CC1.